The van der Waals surface area contributed by atoms with E-state index in [2.05, 4.69) is 5.32 Å². The standard InChI is InChI=1S/C24H31F3N4O6/c1-15-13-31(20-7-5-17(14-32)37-20)23(35)30(22(15)34)9-11-36-10-8-28-21(33)16-4-6-19(29(2)3)18(12-16)24(25,26)27/h4,6,12-13,17,20,32H,5,7-11,14H2,1-3H3,(H,28,33)/p+1. The molecule has 0 spiro atoms. The molecule has 13 heteroatoms. The molecule has 0 saturated carbocycles. The third-order valence-electron chi connectivity index (χ3n) is 6.08. The lowest BCUT2D eigenvalue weighted by molar-refractivity contribution is -0.787. The summed E-state index contributed by atoms with van der Waals surface area (Å²) in [5.41, 5.74) is -1.63. The highest BCUT2D eigenvalue weighted by atomic mass is 19.4. The molecule has 0 aliphatic carbocycles. The fraction of sp³-hybridized carbons (Fsp3) is 0.542. The van der Waals surface area contributed by atoms with E-state index < -0.39 is 35.1 Å². The van der Waals surface area contributed by atoms with Gasteiger partial charge in [0.1, 0.15) is 17.5 Å². The first-order valence-corrected chi connectivity index (χ1v) is 11.9. The molecule has 3 N–H and O–H groups in total. The lowest BCUT2D eigenvalue weighted by Crippen LogP contribution is -3.00. The van der Waals surface area contributed by atoms with Gasteiger partial charge in [-0.25, -0.2) is 4.79 Å². The van der Waals surface area contributed by atoms with E-state index in [1.807, 2.05) is 0 Å². The zero-order chi connectivity index (χ0) is 27.3. The van der Waals surface area contributed by atoms with E-state index >= 15 is 0 Å². The third-order valence-corrected chi connectivity index (χ3v) is 6.08. The van der Waals surface area contributed by atoms with Crippen molar-refractivity contribution in [2.24, 2.45) is 0 Å². The van der Waals surface area contributed by atoms with Crippen molar-refractivity contribution >= 4 is 11.6 Å². The van der Waals surface area contributed by atoms with Crippen LogP contribution in [-0.2, 0) is 22.2 Å². The molecule has 0 radical (unpaired) electrons. The number of amides is 1. The summed E-state index contributed by atoms with van der Waals surface area (Å²) in [6.07, 6.45) is -2.95. The molecule has 1 aliphatic rings. The van der Waals surface area contributed by atoms with Crippen LogP contribution in [0, 0.1) is 6.92 Å². The molecule has 2 atom stereocenters. The Balaban J connectivity index is 1.54. The van der Waals surface area contributed by atoms with Crippen LogP contribution in [0.4, 0.5) is 18.9 Å². The highest BCUT2D eigenvalue weighted by Crippen LogP contribution is 2.34. The summed E-state index contributed by atoms with van der Waals surface area (Å²) >= 11 is 0. The first-order chi connectivity index (χ1) is 17.4. The molecule has 1 aromatic carbocycles. The normalized spacial score (nSPS) is 17.9. The van der Waals surface area contributed by atoms with Gasteiger partial charge in [-0.3, -0.25) is 18.7 Å². The molecule has 2 aromatic rings. The van der Waals surface area contributed by atoms with Crippen molar-refractivity contribution in [3.05, 3.63) is 61.9 Å². The van der Waals surface area contributed by atoms with E-state index in [0.717, 1.165) is 10.6 Å². The Kier molecular flexibility index (Phi) is 9.29. The van der Waals surface area contributed by atoms with Crippen molar-refractivity contribution in [1.29, 1.82) is 0 Å². The summed E-state index contributed by atoms with van der Waals surface area (Å²) < 4.78 is 53.6. The summed E-state index contributed by atoms with van der Waals surface area (Å²) in [5, 5.41) is 11.8. The first-order valence-electron chi connectivity index (χ1n) is 11.9. The van der Waals surface area contributed by atoms with Gasteiger partial charge in [-0.05, 0) is 31.9 Å². The second-order valence-corrected chi connectivity index (χ2v) is 9.06. The minimum absolute atomic E-state index is 0.00219. The topological polar surface area (TPSA) is 116 Å². The molecule has 1 fully saturated rings. The summed E-state index contributed by atoms with van der Waals surface area (Å²) in [4.78, 5) is 38.1. The monoisotopic (exact) mass is 529 g/mol. The SMILES string of the molecule is Cc1cn(C2CCC(CO)O2)c(=O)n(CCOCCNC(=O)c2ccc([NH+](C)C)c(C(F)(F)F)c2)c1=O. The molecular weight excluding hydrogens is 497 g/mol. The van der Waals surface area contributed by atoms with Crippen LogP contribution in [0.3, 0.4) is 0 Å². The van der Waals surface area contributed by atoms with E-state index in [-0.39, 0.29) is 50.3 Å². The van der Waals surface area contributed by atoms with Gasteiger partial charge in [0.15, 0.2) is 0 Å². The Hall–Kier alpha value is -3.00. The van der Waals surface area contributed by atoms with E-state index in [0.29, 0.717) is 23.3 Å². The summed E-state index contributed by atoms with van der Waals surface area (Å²) in [7, 11) is 3.13. The number of nitrogens with one attached hydrogen (secondary N) is 2. The number of aryl methyl sites for hydroxylation is 1. The van der Waals surface area contributed by atoms with Gasteiger partial charge in [0, 0.05) is 29.9 Å². The van der Waals surface area contributed by atoms with Gasteiger partial charge < -0.3 is 24.8 Å². The molecular formula is C24H32F3N4O6+. The number of halogens is 3. The van der Waals surface area contributed by atoms with Gasteiger partial charge >= 0.3 is 11.9 Å². The van der Waals surface area contributed by atoms with Gasteiger partial charge in [-0.1, -0.05) is 0 Å². The van der Waals surface area contributed by atoms with Gasteiger partial charge in [0.25, 0.3) is 11.5 Å². The number of hydrogen-bond acceptors (Lipinski definition) is 6. The zero-order valence-corrected chi connectivity index (χ0v) is 20.9. The molecule has 37 heavy (non-hydrogen) atoms. The average molecular weight is 530 g/mol. The molecule has 204 valence electrons. The van der Waals surface area contributed by atoms with Gasteiger partial charge in [0.05, 0.1) is 46.6 Å². The predicted molar refractivity (Wildman–Crippen MR) is 127 cm³/mol. The van der Waals surface area contributed by atoms with E-state index in [9.17, 15) is 32.7 Å². The number of aliphatic hydroxyl groups is 1. The number of rotatable bonds is 10. The van der Waals surface area contributed by atoms with Crippen LogP contribution < -0.4 is 21.5 Å². The quantitative estimate of drug-likeness (QED) is 0.380. The van der Waals surface area contributed by atoms with Crippen molar-refractivity contribution in [1.82, 2.24) is 14.5 Å². The van der Waals surface area contributed by atoms with Crippen molar-refractivity contribution < 1.29 is 37.4 Å². The summed E-state index contributed by atoms with van der Waals surface area (Å²) in [5.74, 6) is -0.676. The fourth-order valence-corrected chi connectivity index (χ4v) is 4.14. The van der Waals surface area contributed by atoms with Crippen LogP contribution >= 0.6 is 0 Å². The number of carbonyl (C=O) groups excluding carboxylic acids is 1. The number of nitrogens with zero attached hydrogens (tertiary/aromatic N) is 2. The molecule has 1 aliphatic heterocycles. The number of alkyl halides is 3. The van der Waals surface area contributed by atoms with Crippen LogP contribution in [-0.4, -0.2) is 66.7 Å². The number of carbonyl (C=O) groups is 1. The van der Waals surface area contributed by atoms with Gasteiger partial charge in [-0.15, -0.1) is 0 Å². The summed E-state index contributed by atoms with van der Waals surface area (Å²) in [6, 6.07) is 3.43. The van der Waals surface area contributed by atoms with Crippen molar-refractivity contribution in [2.75, 3.05) is 40.5 Å². The van der Waals surface area contributed by atoms with Crippen molar-refractivity contribution in [3.63, 3.8) is 0 Å². The highest BCUT2D eigenvalue weighted by Gasteiger charge is 2.37. The van der Waals surface area contributed by atoms with Crippen molar-refractivity contribution in [2.45, 2.75) is 44.8 Å². The van der Waals surface area contributed by atoms with Crippen molar-refractivity contribution in [3.8, 4) is 0 Å². The number of aliphatic hydroxyl groups excluding tert-OH is 1. The van der Waals surface area contributed by atoms with Crippen LogP contribution in [0.5, 0.6) is 0 Å². The Labute approximate surface area is 211 Å². The maximum Gasteiger partial charge on any atom is 0.422 e. The third kappa shape index (κ3) is 6.86. The highest BCUT2D eigenvalue weighted by molar-refractivity contribution is 5.94. The van der Waals surface area contributed by atoms with Crippen LogP contribution in [0.2, 0.25) is 0 Å². The molecule has 1 amide bonds. The molecule has 2 unspecified atom stereocenters. The molecule has 2 heterocycles. The Morgan fingerprint density at radius 3 is 2.59 bits per heavy atom. The fourth-order valence-electron chi connectivity index (χ4n) is 4.14. The Morgan fingerprint density at radius 2 is 1.97 bits per heavy atom. The summed E-state index contributed by atoms with van der Waals surface area (Å²) in [6.45, 7) is 1.44. The van der Waals surface area contributed by atoms with E-state index in [1.54, 1.807) is 21.0 Å². The van der Waals surface area contributed by atoms with Gasteiger partial charge in [-0.2, -0.15) is 13.2 Å². The smallest absolute Gasteiger partial charge is 0.394 e. The zero-order valence-electron chi connectivity index (χ0n) is 20.9. The molecule has 10 nitrogen and oxygen atoms in total. The predicted octanol–water partition coefficient (Wildman–Crippen LogP) is 0.230. The largest absolute Gasteiger partial charge is 0.422 e. The number of aromatic nitrogens is 2. The second kappa shape index (κ2) is 12.0. The lowest BCUT2D eigenvalue weighted by atomic mass is 10.1. The molecule has 1 aromatic heterocycles. The van der Waals surface area contributed by atoms with E-state index in [4.69, 9.17) is 9.47 Å². The molecule has 1 saturated heterocycles. The number of ether oxygens (including phenoxy) is 2. The minimum atomic E-state index is -4.59. The minimum Gasteiger partial charge on any atom is -0.394 e. The van der Waals surface area contributed by atoms with Gasteiger partial charge in [0.2, 0.25) is 0 Å². The number of benzene rings is 1. The average Bonchev–Trinajstić information content (AvgIpc) is 3.33. The first kappa shape index (κ1) is 28.6. The van der Waals surface area contributed by atoms with Crippen LogP contribution in [0.25, 0.3) is 0 Å². The van der Waals surface area contributed by atoms with Crippen LogP contribution in [0.1, 0.15) is 40.6 Å². The van der Waals surface area contributed by atoms with E-state index in [1.165, 1.54) is 22.9 Å². The Bertz CT molecular complexity index is 1220. The Morgan fingerprint density at radius 1 is 1.24 bits per heavy atom. The maximum atomic E-state index is 13.4. The number of hydrogen-bond donors (Lipinski definition) is 3. The molecule has 0 bridgehead atoms. The number of quaternary nitrogens is 1. The molecule has 3 rings (SSSR count). The van der Waals surface area contributed by atoms with Crippen LogP contribution in [0.15, 0.2) is 34.0 Å². The lowest BCUT2D eigenvalue weighted by Gasteiger charge is -2.18. The second-order valence-electron chi connectivity index (χ2n) is 9.06. The maximum absolute atomic E-state index is 13.4.